The van der Waals surface area contributed by atoms with E-state index >= 15 is 0 Å². The van der Waals surface area contributed by atoms with Gasteiger partial charge in [0.1, 0.15) is 17.1 Å². The summed E-state index contributed by atoms with van der Waals surface area (Å²) in [6.07, 6.45) is 1.76. The Hall–Kier alpha value is -5.05. The molecular weight excluding hydrogens is 610 g/mol. The fraction of sp³-hybridized carbons (Fsp3) is 0.0357. The zero-order valence-electron chi connectivity index (χ0n) is 22.0. The highest BCUT2D eigenvalue weighted by atomic mass is 35.5. The second-order valence-electron chi connectivity index (χ2n) is 9.13. The number of hydrogen-bond donors (Lipinski definition) is 3. The topological polar surface area (TPSA) is 162 Å². The monoisotopic (exact) mass is 629 g/mol. The number of rotatable bonds is 6. The van der Waals surface area contributed by atoms with E-state index in [4.69, 9.17) is 39.7 Å². The SMILES string of the molecule is NC(=S)N/N=C1\CSC(n2nc(-c3cn(-c4ccccc4)nc3-c3ccc([N+](=O)[O-])cc3)c(O)c2-c2ccc(Cl)cc2)=N1. The van der Waals surface area contributed by atoms with Gasteiger partial charge in [-0.15, -0.1) is 0 Å². The summed E-state index contributed by atoms with van der Waals surface area (Å²) in [5.74, 6) is 0.740. The number of non-ortho nitro benzene ring substituents is 1. The van der Waals surface area contributed by atoms with E-state index < -0.39 is 4.92 Å². The number of para-hydroxylation sites is 1. The molecule has 0 unspecified atom stereocenters. The first-order valence-electron chi connectivity index (χ1n) is 12.6. The molecule has 0 amide bonds. The Morgan fingerprint density at radius 1 is 1.05 bits per heavy atom. The molecule has 0 saturated heterocycles. The highest BCUT2D eigenvalue weighted by Gasteiger charge is 2.29. The van der Waals surface area contributed by atoms with Gasteiger partial charge in [0.25, 0.3) is 5.69 Å². The second kappa shape index (κ2) is 11.7. The van der Waals surface area contributed by atoms with Crippen molar-refractivity contribution < 1.29 is 10.0 Å². The minimum absolute atomic E-state index is 0.0104. The minimum atomic E-state index is -0.465. The van der Waals surface area contributed by atoms with Crippen LogP contribution in [0.15, 0.2) is 95.2 Å². The number of halogens is 1. The van der Waals surface area contributed by atoms with Gasteiger partial charge in [-0.05, 0) is 48.6 Å². The van der Waals surface area contributed by atoms with Crippen molar-refractivity contribution in [2.75, 3.05) is 5.75 Å². The molecule has 6 rings (SSSR count). The molecule has 0 atom stereocenters. The molecule has 0 bridgehead atoms. The fourth-order valence-corrected chi connectivity index (χ4v) is 5.38. The van der Waals surface area contributed by atoms with Crippen molar-refractivity contribution in [3.05, 3.63) is 100 Å². The Kier molecular flexibility index (Phi) is 7.63. The Bertz CT molecular complexity index is 1920. The largest absolute Gasteiger partial charge is 0.504 e. The summed E-state index contributed by atoms with van der Waals surface area (Å²) in [6.45, 7) is 0. The van der Waals surface area contributed by atoms with Gasteiger partial charge in [-0.2, -0.15) is 15.3 Å². The zero-order chi connectivity index (χ0) is 30.1. The van der Waals surface area contributed by atoms with Crippen LogP contribution in [-0.2, 0) is 0 Å². The van der Waals surface area contributed by atoms with E-state index in [-0.39, 0.29) is 22.2 Å². The Morgan fingerprint density at radius 2 is 1.74 bits per heavy atom. The lowest BCUT2D eigenvalue weighted by molar-refractivity contribution is -0.384. The number of thioether (sulfide) groups is 1. The summed E-state index contributed by atoms with van der Waals surface area (Å²) in [5, 5.41) is 37.8. The highest BCUT2D eigenvalue weighted by molar-refractivity contribution is 8.14. The van der Waals surface area contributed by atoms with Crippen molar-refractivity contribution in [2.24, 2.45) is 15.8 Å². The van der Waals surface area contributed by atoms with E-state index in [0.29, 0.717) is 49.9 Å². The third kappa shape index (κ3) is 5.70. The average molecular weight is 630 g/mol. The quantitative estimate of drug-likeness (QED) is 0.126. The van der Waals surface area contributed by atoms with E-state index in [2.05, 4.69) is 15.5 Å². The van der Waals surface area contributed by atoms with Crippen LogP contribution in [0.5, 0.6) is 5.75 Å². The maximum atomic E-state index is 11.8. The first kappa shape index (κ1) is 28.1. The first-order chi connectivity index (χ1) is 20.8. The molecule has 0 radical (unpaired) electrons. The van der Waals surface area contributed by atoms with Crippen LogP contribution in [0.3, 0.4) is 0 Å². The van der Waals surface area contributed by atoms with E-state index in [9.17, 15) is 15.2 Å². The number of aromatic nitrogens is 4. The Balaban J connectivity index is 1.55. The van der Waals surface area contributed by atoms with Crippen LogP contribution in [0.4, 0.5) is 5.69 Å². The second-order valence-corrected chi connectivity index (χ2v) is 10.9. The van der Waals surface area contributed by atoms with E-state index in [0.717, 1.165) is 5.69 Å². The first-order valence-corrected chi connectivity index (χ1v) is 14.4. The van der Waals surface area contributed by atoms with Gasteiger partial charge in [-0.25, -0.2) is 14.4 Å². The Labute approximate surface area is 258 Å². The normalized spacial score (nSPS) is 13.7. The van der Waals surface area contributed by atoms with Gasteiger partial charge in [-0.3, -0.25) is 15.5 Å². The van der Waals surface area contributed by atoms with Crippen LogP contribution in [0.2, 0.25) is 5.02 Å². The van der Waals surface area contributed by atoms with E-state index in [1.807, 2.05) is 30.3 Å². The lowest BCUT2D eigenvalue weighted by Gasteiger charge is -2.06. The number of nitro benzene ring substituents is 1. The fourth-order valence-electron chi connectivity index (χ4n) is 4.40. The summed E-state index contributed by atoms with van der Waals surface area (Å²) < 4.78 is 3.21. The average Bonchev–Trinajstić information content (AvgIpc) is 3.74. The molecule has 1 aliphatic heterocycles. The number of hydrazone groups is 1. The van der Waals surface area contributed by atoms with Gasteiger partial charge >= 0.3 is 0 Å². The molecule has 43 heavy (non-hydrogen) atoms. The number of aliphatic imine (C=N–C) groups is 1. The molecule has 0 fully saturated rings. The van der Waals surface area contributed by atoms with Crippen molar-refractivity contribution in [3.63, 3.8) is 0 Å². The number of nitro groups is 1. The number of thiocarbonyl (C=S) groups is 1. The zero-order valence-corrected chi connectivity index (χ0v) is 24.3. The standard InChI is InChI=1S/C28H20ClN9O3S2/c29-18-10-6-17(7-11-18)25-26(39)24(35-37(25)28-31-22(15-43-28)32-33-27(30)42)21-14-36(19-4-2-1-3-5-19)34-23(21)16-8-12-20(13-9-16)38(40)41/h1-14,39H,15H2,(H3,30,33,42)/b32-22+. The van der Waals surface area contributed by atoms with Crippen molar-refractivity contribution in [1.29, 1.82) is 0 Å². The number of aromatic hydroxyl groups is 1. The molecule has 3 heterocycles. The number of amidine groups is 1. The molecule has 15 heteroatoms. The van der Waals surface area contributed by atoms with Gasteiger partial charge in [-0.1, -0.05) is 53.7 Å². The van der Waals surface area contributed by atoms with Crippen molar-refractivity contribution >= 4 is 57.4 Å². The molecule has 2 aromatic heterocycles. The number of nitrogens with zero attached hydrogens (tertiary/aromatic N) is 7. The van der Waals surface area contributed by atoms with Crippen LogP contribution in [-0.4, -0.2) is 51.5 Å². The van der Waals surface area contributed by atoms with Crippen molar-refractivity contribution in [2.45, 2.75) is 0 Å². The van der Waals surface area contributed by atoms with E-state index in [1.165, 1.54) is 23.9 Å². The predicted octanol–water partition coefficient (Wildman–Crippen LogP) is 5.43. The van der Waals surface area contributed by atoms with E-state index in [1.54, 1.807) is 52.0 Å². The highest BCUT2D eigenvalue weighted by Crippen LogP contribution is 2.43. The molecule has 0 saturated carbocycles. The number of nitrogens with one attached hydrogen (secondary N) is 1. The van der Waals surface area contributed by atoms with Crippen molar-refractivity contribution in [1.82, 2.24) is 25.0 Å². The summed E-state index contributed by atoms with van der Waals surface area (Å²) in [5.41, 5.74) is 11.6. The summed E-state index contributed by atoms with van der Waals surface area (Å²) >= 11 is 12.4. The lowest BCUT2D eigenvalue weighted by atomic mass is 10.0. The van der Waals surface area contributed by atoms with Crippen LogP contribution in [0, 0.1) is 10.1 Å². The molecule has 4 N–H and O–H groups in total. The van der Waals surface area contributed by atoms with Gasteiger partial charge in [0.2, 0.25) is 0 Å². The number of hydrogen-bond acceptors (Lipinski definition) is 8. The molecule has 1 aliphatic rings. The maximum Gasteiger partial charge on any atom is 0.269 e. The molecule has 5 aromatic rings. The summed E-state index contributed by atoms with van der Waals surface area (Å²) in [4.78, 5) is 15.4. The van der Waals surface area contributed by atoms with Crippen LogP contribution in [0.1, 0.15) is 0 Å². The van der Waals surface area contributed by atoms with Gasteiger partial charge in [0.15, 0.2) is 21.9 Å². The van der Waals surface area contributed by atoms with Crippen LogP contribution >= 0.6 is 35.6 Å². The molecular formula is C28H20ClN9O3S2. The Morgan fingerprint density at radius 3 is 2.42 bits per heavy atom. The van der Waals surface area contributed by atoms with Gasteiger partial charge in [0, 0.05) is 34.5 Å². The van der Waals surface area contributed by atoms with Crippen molar-refractivity contribution in [3.8, 4) is 45.2 Å². The maximum absolute atomic E-state index is 11.8. The third-order valence-electron chi connectivity index (χ3n) is 6.35. The molecule has 214 valence electrons. The third-order valence-corrected chi connectivity index (χ3v) is 7.62. The van der Waals surface area contributed by atoms with Gasteiger partial charge in [0.05, 0.1) is 21.9 Å². The molecule has 0 aliphatic carbocycles. The summed E-state index contributed by atoms with van der Waals surface area (Å²) in [6, 6.07) is 22.4. The lowest BCUT2D eigenvalue weighted by Crippen LogP contribution is -2.25. The molecule has 0 spiro atoms. The summed E-state index contributed by atoms with van der Waals surface area (Å²) in [7, 11) is 0. The molecule has 12 nitrogen and oxygen atoms in total. The number of nitrogens with two attached hydrogens (primary N) is 1. The smallest absolute Gasteiger partial charge is 0.269 e. The molecule has 3 aromatic carbocycles. The van der Waals surface area contributed by atoms with Crippen LogP contribution in [0.25, 0.3) is 39.5 Å². The van der Waals surface area contributed by atoms with Crippen LogP contribution < -0.4 is 11.2 Å². The van der Waals surface area contributed by atoms with Gasteiger partial charge < -0.3 is 10.8 Å². The number of benzene rings is 3. The predicted molar refractivity (Wildman–Crippen MR) is 172 cm³/mol. The minimum Gasteiger partial charge on any atom is -0.504 e.